The number of methoxy groups -OCH3 is 1. The Morgan fingerprint density at radius 2 is 1.38 bits per heavy atom. The van der Waals surface area contributed by atoms with Gasteiger partial charge in [0.1, 0.15) is 11.5 Å². The van der Waals surface area contributed by atoms with Gasteiger partial charge < -0.3 is 19.6 Å². The third-order valence-electron chi connectivity index (χ3n) is 6.81. The zero-order valence-corrected chi connectivity index (χ0v) is 22.4. The van der Waals surface area contributed by atoms with Gasteiger partial charge in [0.25, 0.3) is 11.7 Å². The van der Waals surface area contributed by atoms with E-state index in [1.54, 1.807) is 13.2 Å². The van der Waals surface area contributed by atoms with Crippen LogP contribution in [0.4, 0.5) is 17.1 Å². The summed E-state index contributed by atoms with van der Waals surface area (Å²) in [5, 5.41) is 11.6. The number of carbonyl (C=O) groups excluding carboxylic acids is 2. The molecular formula is C30H33N3O4. The summed E-state index contributed by atoms with van der Waals surface area (Å²) in [6, 6.07) is 17.9. The summed E-state index contributed by atoms with van der Waals surface area (Å²) in [6.07, 6.45) is 0. The van der Waals surface area contributed by atoms with E-state index in [4.69, 9.17) is 4.74 Å². The summed E-state index contributed by atoms with van der Waals surface area (Å²) in [5.41, 5.74) is 5.37. The molecule has 1 N–H and O–H groups in total. The zero-order valence-electron chi connectivity index (χ0n) is 22.4. The third-order valence-corrected chi connectivity index (χ3v) is 6.81. The zero-order chi connectivity index (χ0) is 27.0. The van der Waals surface area contributed by atoms with Gasteiger partial charge in [-0.05, 0) is 79.1 Å². The number of aliphatic hydroxyl groups is 1. The van der Waals surface area contributed by atoms with Crippen molar-refractivity contribution in [3.05, 3.63) is 88.5 Å². The lowest BCUT2D eigenvalue weighted by Gasteiger charge is -2.26. The molecule has 1 unspecified atom stereocenters. The van der Waals surface area contributed by atoms with Crippen molar-refractivity contribution in [3.8, 4) is 5.75 Å². The lowest BCUT2D eigenvalue weighted by Crippen LogP contribution is -2.29. The van der Waals surface area contributed by atoms with Gasteiger partial charge in [-0.1, -0.05) is 12.1 Å². The maximum Gasteiger partial charge on any atom is 0.300 e. The number of ketones is 1. The Balaban J connectivity index is 1.93. The third kappa shape index (κ3) is 4.65. The second kappa shape index (κ2) is 10.0. The van der Waals surface area contributed by atoms with Crippen molar-refractivity contribution in [3.63, 3.8) is 0 Å². The molecule has 0 saturated carbocycles. The van der Waals surface area contributed by atoms with Gasteiger partial charge in [-0.2, -0.15) is 0 Å². The topological polar surface area (TPSA) is 73.3 Å². The van der Waals surface area contributed by atoms with Crippen molar-refractivity contribution >= 4 is 34.5 Å². The lowest BCUT2D eigenvalue weighted by atomic mass is 9.92. The fraction of sp³-hybridized carbons (Fsp3) is 0.267. The van der Waals surface area contributed by atoms with E-state index in [-0.39, 0.29) is 11.3 Å². The summed E-state index contributed by atoms with van der Waals surface area (Å²) in [7, 11) is 9.36. The molecule has 7 nitrogen and oxygen atoms in total. The van der Waals surface area contributed by atoms with E-state index in [1.165, 1.54) is 4.90 Å². The Morgan fingerprint density at radius 3 is 1.89 bits per heavy atom. The number of nitrogens with zero attached hydrogens (tertiary/aromatic N) is 3. The lowest BCUT2D eigenvalue weighted by molar-refractivity contribution is -0.132. The van der Waals surface area contributed by atoms with Crippen LogP contribution in [0.15, 0.2) is 66.2 Å². The first-order valence-electron chi connectivity index (χ1n) is 12.1. The number of rotatable bonds is 6. The van der Waals surface area contributed by atoms with Gasteiger partial charge in [0.2, 0.25) is 0 Å². The van der Waals surface area contributed by atoms with Gasteiger partial charge in [-0.3, -0.25) is 14.5 Å². The molecule has 0 radical (unpaired) electrons. The highest BCUT2D eigenvalue weighted by atomic mass is 16.5. The number of aliphatic hydroxyl groups excluding tert-OH is 1. The molecule has 1 amide bonds. The largest absolute Gasteiger partial charge is 0.507 e. The van der Waals surface area contributed by atoms with Crippen molar-refractivity contribution < 1.29 is 19.4 Å². The minimum Gasteiger partial charge on any atom is -0.507 e. The van der Waals surface area contributed by atoms with E-state index in [0.29, 0.717) is 17.0 Å². The molecule has 3 aromatic carbocycles. The molecule has 1 atom stereocenters. The maximum atomic E-state index is 13.5. The summed E-state index contributed by atoms with van der Waals surface area (Å²) < 4.78 is 5.41. The maximum absolute atomic E-state index is 13.5. The smallest absolute Gasteiger partial charge is 0.300 e. The average Bonchev–Trinajstić information content (AvgIpc) is 3.15. The molecule has 7 heteroatoms. The molecule has 4 rings (SSSR count). The number of Topliss-reactive ketones (excluding diaryl/α,β-unsaturated/α-hetero) is 1. The van der Waals surface area contributed by atoms with Crippen LogP contribution < -0.4 is 19.4 Å². The average molecular weight is 500 g/mol. The Bertz CT molecular complexity index is 1370. The van der Waals surface area contributed by atoms with Crippen LogP contribution in [0.1, 0.15) is 28.3 Å². The predicted octanol–water partition coefficient (Wildman–Crippen LogP) is 5.07. The van der Waals surface area contributed by atoms with Crippen LogP contribution in [-0.2, 0) is 9.59 Å². The number of benzene rings is 3. The number of aryl methyl sites for hydroxylation is 2. The molecule has 1 heterocycles. The molecule has 37 heavy (non-hydrogen) atoms. The van der Waals surface area contributed by atoms with Crippen LogP contribution in [0, 0.1) is 13.8 Å². The highest BCUT2D eigenvalue weighted by Gasteiger charge is 2.47. The fourth-order valence-electron chi connectivity index (χ4n) is 4.69. The Labute approximate surface area is 218 Å². The first-order valence-corrected chi connectivity index (χ1v) is 12.1. The molecular weight excluding hydrogens is 466 g/mol. The molecule has 1 aliphatic rings. The molecule has 1 saturated heterocycles. The van der Waals surface area contributed by atoms with Gasteiger partial charge in [-0.25, -0.2) is 0 Å². The standard InChI is InChI=1S/C30H33N3O4/c1-18-17-25(37-7)19(2)16-24(18)28(34)26-27(20-8-10-21(11-9-20)31(3)4)33(30(36)29(26)35)23-14-12-22(13-15-23)32(5)6/h8-17,27,34H,1-7H3/b28-26+. The minimum atomic E-state index is -0.789. The van der Waals surface area contributed by atoms with Crippen LogP contribution in [-0.4, -0.2) is 52.1 Å². The van der Waals surface area contributed by atoms with Gasteiger partial charge in [0, 0.05) is 50.8 Å². The van der Waals surface area contributed by atoms with Crippen molar-refractivity contribution in [2.75, 3.05) is 50.0 Å². The molecule has 192 valence electrons. The molecule has 1 fully saturated rings. The summed E-state index contributed by atoms with van der Waals surface area (Å²) in [5.74, 6) is -0.908. The van der Waals surface area contributed by atoms with Crippen molar-refractivity contribution in [1.29, 1.82) is 0 Å². The molecule has 1 aliphatic heterocycles. The Morgan fingerprint density at radius 1 is 0.838 bits per heavy atom. The molecule has 3 aromatic rings. The van der Waals surface area contributed by atoms with E-state index in [9.17, 15) is 14.7 Å². The summed E-state index contributed by atoms with van der Waals surface area (Å²) in [6.45, 7) is 3.71. The van der Waals surface area contributed by atoms with Crippen LogP contribution in [0.3, 0.4) is 0 Å². The molecule has 0 aromatic heterocycles. The first kappa shape index (κ1) is 25.8. The summed E-state index contributed by atoms with van der Waals surface area (Å²) in [4.78, 5) is 32.4. The van der Waals surface area contributed by atoms with E-state index in [0.717, 1.165) is 28.1 Å². The van der Waals surface area contributed by atoms with Gasteiger partial charge in [0.05, 0.1) is 18.7 Å². The number of hydrogen-bond acceptors (Lipinski definition) is 6. The van der Waals surface area contributed by atoms with E-state index in [1.807, 2.05) is 106 Å². The van der Waals surface area contributed by atoms with Crippen molar-refractivity contribution in [2.45, 2.75) is 19.9 Å². The SMILES string of the molecule is COc1cc(C)c(/C(O)=C2\C(=O)C(=O)N(c3ccc(N(C)C)cc3)C2c2ccc(N(C)C)cc2)cc1C. The number of anilines is 3. The van der Waals surface area contributed by atoms with Gasteiger partial charge in [0.15, 0.2) is 0 Å². The van der Waals surface area contributed by atoms with Gasteiger partial charge >= 0.3 is 0 Å². The molecule has 0 bridgehead atoms. The predicted molar refractivity (Wildman–Crippen MR) is 149 cm³/mol. The number of amides is 1. The number of hydrogen-bond donors (Lipinski definition) is 1. The van der Waals surface area contributed by atoms with Crippen LogP contribution in [0.2, 0.25) is 0 Å². The van der Waals surface area contributed by atoms with Crippen LogP contribution >= 0.6 is 0 Å². The molecule has 0 spiro atoms. The monoisotopic (exact) mass is 499 g/mol. The molecule has 0 aliphatic carbocycles. The second-order valence-electron chi connectivity index (χ2n) is 9.70. The Kier molecular flexibility index (Phi) is 6.99. The number of carbonyl (C=O) groups is 2. The first-order chi connectivity index (χ1) is 17.5. The van der Waals surface area contributed by atoms with E-state index < -0.39 is 17.7 Å². The van der Waals surface area contributed by atoms with E-state index in [2.05, 4.69) is 0 Å². The minimum absolute atomic E-state index is 0.0620. The number of ether oxygens (including phenoxy) is 1. The second-order valence-corrected chi connectivity index (χ2v) is 9.70. The highest BCUT2D eigenvalue weighted by Crippen LogP contribution is 2.43. The highest BCUT2D eigenvalue weighted by molar-refractivity contribution is 6.51. The van der Waals surface area contributed by atoms with E-state index >= 15 is 0 Å². The fourth-order valence-corrected chi connectivity index (χ4v) is 4.69. The summed E-state index contributed by atoms with van der Waals surface area (Å²) >= 11 is 0. The normalized spacial score (nSPS) is 16.7. The Hall–Kier alpha value is -4.26. The van der Waals surface area contributed by atoms with Crippen molar-refractivity contribution in [2.24, 2.45) is 0 Å². The van der Waals surface area contributed by atoms with Crippen molar-refractivity contribution in [1.82, 2.24) is 0 Å². The van der Waals surface area contributed by atoms with Gasteiger partial charge in [-0.15, -0.1) is 0 Å². The van der Waals surface area contributed by atoms with Crippen LogP contribution in [0.25, 0.3) is 5.76 Å². The quantitative estimate of drug-likeness (QED) is 0.290. The van der Waals surface area contributed by atoms with Crippen LogP contribution in [0.5, 0.6) is 5.75 Å².